The second-order valence-electron chi connectivity index (χ2n) is 3.97. The molecule has 0 aliphatic rings. The third-order valence-electron chi connectivity index (χ3n) is 2.23. The van der Waals surface area contributed by atoms with Crippen LogP contribution in [0.3, 0.4) is 0 Å². The Labute approximate surface area is 102 Å². The van der Waals surface area contributed by atoms with E-state index in [1.807, 2.05) is 20.8 Å². The number of carbonyl (C=O) groups is 2. The fourth-order valence-corrected chi connectivity index (χ4v) is 2.21. The maximum absolute atomic E-state index is 11.3. The lowest BCUT2D eigenvalue weighted by molar-refractivity contribution is -0.120. The van der Waals surface area contributed by atoms with Gasteiger partial charge in [-0.05, 0) is 18.7 Å². The zero-order valence-corrected chi connectivity index (χ0v) is 11.1. The Hall–Kier alpha value is -0.550. The molecule has 0 aliphatic heterocycles. The highest BCUT2D eigenvalue weighted by atomic mass is 32.2. The molecular weight excluding hydrogens is 224 g/mol. The molecule has 0 aromatic heterocycles. The monoisotopic (exact) mass is 246 g/mol. The smallest absolute Gasteiger partial charge is 0.234 e. The van der Waals surface area contributed by atoms with E-state index in [9.17, 15) is 9.59 Å². The summed E-state index contributed by atoms with van der Waals surface area (Å²) in [5, 5.41) is 3.02. The second kappa shape index (κ2) is 8.58. The molecule has 0 aliphatic carbocycles. The minimum absolute atomic E-state index is 0.0909. The first-order valence-corrected chi connectivity index (χ1v) is 6.77. The van der Waals surface area contributed by atoms with E-state index >= 15 is 0 Å². The molecule has 0 saturated carbocycles. The molecule has 1 atom stereocenters. The number of rotatable bonds is 9. The number of nitrogens with one attached hydrogen (secondary N) is 1. The lowest BCUT2D eigenvalue weighted by Gasteiger charge is -2.13. The van der Waals surface area contributed by atoms with E-state index in [0.717, 1.165) is 12.3 Å². The van der Waals surface area contributed by atoms with Crippen LogP contribution < -0.4 is 11.1 Å². The molecule has 5 heteroatoms. The first-order valence-electron chi connectivity index (χ1n) is 5.62. The normalized spacial score (nSPS) is 12.8. The molecule has 0 aromatic carbocycles. The van der Waals surface area contributed by atoms with Crippen molar-refractivity contribution in [2.45, 2.75) is 33.2 Å². The molecule has 0 heterocycles. The molecule has 0 spiro atoms. The van der Waals surface area contributed by atoms with Gasteiger partial charge in [-0.25, -0.2) is 0 Å². The van der Waals surface area contributed by atoms with Gasteiger partial charge >= 0.3 is 0 Å². The highest BCUT2D eigenvalue weighted by Gasteiger charge is 2.13. The Morgan fingerprint density at radius 3 is 2.44 bits per heavy atom. The van der Waals surface area contributed by atoms with E-state index in [2.05, 4.69) is 5.32 Å². The number of primary amides is 1. The Kier molecular flexibility index (Phi) is 8.29. The van der Waals surface area contributed by atoms with Gasteiger partial charge in [-0.2, -0.15) is 11.8 Å². The highest BCUT2D eigenvalue weighted by molar-refractivity contribution is 7.99. The van der Waals surface area contributed by atoms with Gasteiger partial charge in [0.2, 0.25) is 5.91 Å². The van der Waals surface area contributed by atoms with Gasteiger partial charge in [-0.1, -0.05) is 20.8 Å². The van der Waals surface area contributed by atoms with Crippen LogP contribution in [0.4, 0.5) is 0 Å². The van der Waals surface area contributed by atoms with Crippen LogP contribution in [0.5, 0.6) is 0 Å². The van der Waals surface area contributed by atoms with Gasteiger partial charge < -0.3 is 11.1 Å². The zero-order valence-electron chi connectivity index (χ0n) is 10.3. The molecule has 0 saturated heterocycles. The molecular formula is C11H22N2O2S. The van der Waals surface area contributed by atoms with E-state index in [1.165, 1.54) is 0 Å². The van der Waals surface area contributed by atoms with E-state index < -0.39 is 0 Å². The third kappa shape index (κ3) is 6.85. The van der Waals surface area contributed by atoms with Crippen LogP contribution in [0.1, 0.15) is 27.2 Å². The van der Waals surface area contributed by atoms with Gasteiger partial charge in [0.1, 0.15) is 5.78 Å². The van der Waals surface area contributed by atoms with Crippen LogP contribution in [0, 0.1) is 5.92 Å². The van der Waals surface area contributed by atoms with E-state index in [4.69, 9.17) is 5.73 Å². The van der Waals surface area contributed by atoms with Crippen LogP contribution in [0.15, 0.2) is 0 Å². The van der Waals surface area contributed by atoms with Crippen LogP contribution in [-0.2, 0) is 9.59 Å². The van der Waals surface area contributed by atoms with Crippen molar-refractivity contribution in [3.05, 3.63) is 0 Å². The van der Waals surface area contributed by atoms with Crippen LogP contribution in [-0.4, -0.2) is 35.8 Å². The van der Waals surface area contributed by atoms with Gasteiger partial charge in [-0.3, -0.25) is 9.59 Å². The number of hydrogen-bond acceptors (Lipinski definition) is 4. The molecule has 0 bridgehead atoms. The van der Waals surface area contributed by atoms with Crippen LogP contribution in [0.25, 0.3) is 0 Å². The van der Waals surface area contributed by atoms with Crippen molar-refractivity contribution in [2.75, 3.05) is 18.1 Å². The lowest BCUT2D eigenvalue weighted by atomic mass is 10.1. The highest BCUT2D eigenvalue weighted by Crippen LogP contribution is 2.08. The average Bonchev–Trinajstić information content (AvgIpc) is 2.21. The van der Waals surface area contributed by atoms with E-state index in [0.29, 0.717) is 12.2 Å². The molecule has 4 nitrogen and oxygen atoms in total. The minimum atomic E-state index is -0.322. The van der Waals surface area contributed by atoms with Crippen molar-refractivity contribution in [1.29, 1.82) is 0 Å². The largest absolute Gasteiger partial charge is 0.368 e. The zero-order chi connectivity index (χ0) is 12.6. The maximum Gasteiger partial charge on any atom is 0.234 e. The van der Waals surface area contributed by atoms with Gasteiger partial charge in [0.15, 0.2) is 0 Å². The summed E-state index contributed by atoms with van der Waals surface area (Å²) in [6.07, 6.45) is 0.680. The standard InChI is InChI=1S/C11H22N2O2S/c1-4-13-9(11(12)15)5-6-16-7-10(14)8(2)3/h8-9,13H,4-7H2,1-3H3,(H2,12,15). The second-order valence-corrected chi connectivity index (χ2v) is 5.08. The summed E-state index contributed by atoms with van der Waals surface area (Å²) in [5.41, 5.74) is 5.24. The molecule has 0 fully saturated rings. The van der Waals surface area contributed by atoms with E-state index in [-0.39, 0.29) is 23.7 Å². The summed E-state index contributed by atoms with van der Waals surface area (Å²) in [5.74, 6) is 1.32. The van der Waals surface area contributed by atoms with Crippen molar-refractivity contribution in [3.8, 4) is 0 Å². The number of Topliss-reactive ketones (excluding diaryl/α,β-unsaturated/α-hetero) is 1. The summed E-state index contributed by atoms with van der Waals surface area (Å²) in [6, 6.07) is -0.272. The fourth-order valence-electron chi connectivity index (χ4n) is 1.13. The quantitative estimate of drug-likeness (QED) is 0.590. The van der Waals surface area contributed by atoms with Crippen molar-refractivity contribution >= 4 is 23.5 Å². The summed E-state index contributed by atoms with van der Waals surface area (Å²) in [7, 11) is 0. The lowest BCUT2D eigenvalue weighted by Crippen LogP contribution is -2.41. The number of thioether (sulfide) groups is 1. The van der Waals surface area contributed by atoms with Crippen molar-refractivity contribution in [3.63, 3.8) is 0 Å². The summed E-state index contributed by atoms with van der Waals surface area (Å²) in [4.78, 5) is 22.3. The molecule has 0 rings (SSSR count). The summed E-state index contributed by atoms with van der Waals surface area (Å²) >= 11 is 1.56. The van der Waals surface area contributed by atoms with Crippen molar-refractivity contribution < 1.29 is 9.59 Å². The topological polar surface area (TPSA) is 72.2 Å². The minimum Gasteiger partial charge on any atom is -0.368 e. The Balaban J connectivity index is 3.70. The van der Waals surface area contributed by atoms with Gasteiger partial charge in [0.05, 0.1) is 11.8 Å². The Morgan fingerprint density at radius 2 is 2.00 bits per heavy atom. The summed E-state index contributed by atoms with van der Waals surface area (Å²) < 4.78 is 0. The van der Waals surface area contributed by atoms with Crippen LogP contribution >= 0.6 is 11.8 Å². The Bertz CT molecular complexity index is 232. The number of ketones is 1. The molecule has 1 unspecified atom stereocenters. The number of hydrogen-bond donors (Lipinski definition) is 2. The van der Waals surface area contributed by atoms with E-state index in [1.54, 1.807) is 11.8 Å². The first-order chi connectivity index (χ1) is 7.49. The fraction of sp³-hybridized carbons (Fsp3) is 0.818. The number of nitrogens with two attached hydrogens (primary N) is 1. The van der Waals surface area contributed by atoms with Crippen molar-refractivity contribution in [2.24, 2.45) is 11.7 Å². The average molecular weight is 246 g/mol. The molecule has 94 valence electrons. The molecule has 16 heavy (non-hydrogen) atoms. The van der Waals surface area contributed by atoms with Gasteiger partial charge in [-0.15, -0.1) is 0 Å². The molecule has 3 N–H and O–H groups in total. The first kappa shape index (κ1) is 15.4. The predicted molar refractivity (Wildman–Crippen MR) is 68.4 cm³/mol. The molecule has 0 radical (unpaired) electrons. The summed E-state index contributed by atoms with van der Waals surface area (Å²) in [6.45, 7) is 6.45. The predicted octanol–water partition coefficient (Wildman–Crippen LogP) is 0.798. The SMILES string of the molecule is CCNC(CCSCC(=O)C(C)C)C(N)=O. The number of likely N-dealkylation sites (N-methyl/N-ethyl adjacent to an activating group) is 1. The number of carbonyl (C=O) groups excluding carboxylic acids is 2. The molecule has 0 aromatic rings. The number of amides is 1. The maximum atomic E-state index is 11.3. The van der Waals surface area contributed by atoms with Crippen molar-refractivity contribution in [1.82, 2.24) is 5.32 Å². The third-order valence-corrected chi connectivity index (χ3v) is 3.25. The van der Waals surface area contributed by atoms with Gasteiger partial charge in [0, 0.05) is 5.92 Å². The molecule has 1 amide bonds. The van der Waals surface area contributed by atoms with Gasteiger partial charge in [0.25, 0.3) is 0 Å². The van der Waals surface area contributed by atoms with Crippen LogP contribution in [0.2, 0.25) is 0 Å². The Morgan fingerprint density at radius 1 is 1.38 bits per heavy atom.